The van der Waals surface area contributed by atoms with Gasteiger partial charge in [0.05, 0.1) is 12.6 Å². The Bertz CT molecular complexity index is 250. The summed E-state index contributed by atoms with van der Waals surface area (Å²) >= 11 is 0. The molecule has 1 saturated heterocycles. The Hall–Kier alpha value is -1.03. The van der Waals surface area contributed by atoms with E-state index in [1.165, 1.54) is 0 Å². The summed E-state index contributed by atoms with van der Waals surface area (Å²) in [5, 5.41) is 3.38. The van der Waals surface area contributed by atoms with E-state index in [0.717, 1.165) is 0 Å². The second kappa shape index (κ2) is 3.79. The normalized spacial score (nSPS) is 38.3. The van der Waals surface area contributed by atoms with Crippen molar-refractivity contribution in [2.75, 3.05) is 6.54 Å². The van der Waals surface area contributed by atoms with Crippen molar-refractivity contribution in [2.45, 2.75) is 31.8 Å². The van der Waals surface area contributed by atoms with Crippen LogP contribution >= 0.6 is 0 Å². The molecule has 0 aromatic carbocycles. The summed E-state index contributed by atoms with van der Waals surface area (Å²) in [4.78, 5) is 2.64. The molecule has 3 unspecified atom stereocenters. The molecule has 1 aliphatic rings. The van der Waals surface area contributed by atoms with E-state index in [4.69, 9.17) is 15.0 Å². The Morgan fingerprint density at radius 3 is 2.92 bits per heavy atom. The zero-order valence-corrected chi connectivity index (χ0v) is 7.80. The standard InChI is InChI=1S/C8H13N3O2/c1-4-8(3)6(2)12-7(13-8)5-10-11-9/h4,6-7H,1,5H2,2-3H3. The highest BCUT2D eigenvalue weighted by molar-refractivity contribution is 5.01. The van der Waals surface area contributed by atoms with Crippen LogP contribution in [0.25, 0.3) is 10.4 Å². The molecule has 0 amide bonds. The first kappa shape index (κ1) is 10.1. The van der Waals surface area contributed by atoms with E-state index >= 15 is 0 Å². The molecule has 5 nitrogen and oxygen atoms in total. The van der Waals surface area contributed by atoms with Crippen molar-refractivity contribution >= 4 is 0 Å². The van der Waals surface area contributed by atoms with E-state index in [1.807, 2.05) is 13.8 Å². The van der Waals surface area contributed by atoms with Crippen molar-refractivity contribution in [3.63, 3.8) is 0 Å². The molecule has 0 saturated carbocycles. The van der Waals surface area contributed by atoms with Crippen molar-refractivity contribution in [2.24, 2.45) is 5.11 Å². The van der Waals surface area contributed by atoms with Crippen LogP contribution in [0, 0.1) is 0 Å². The number of azide groups is 1. The van der Waals surface area contributed by atoms with E-state index in [2.05, 4.69) is 16.6 Å². The van der Waals surface area contributed by atoms with Crippen molar-refractivity contribution in [1.29, 1.82) is 0 Å². The van der Waals surface area contributed by atoms with E-state index < -0.39 is 11.9 Å². The molecule has 13 heavy (non-hydrogen) atoms. The molecule has 1 aliphatic heterocycles. The van der Waals surface area contributed by atoms with Crippen molar-refractivity contribution in [3.05, 3.63) is 23.1 Å². The number of ether oxygens (including phenoxy) is 2. The highest BCUT2D eigenvalue weighted by Gasteiger charge is 2.40. The van der Waals surface area contributed by atoms with E-state index in [-0.39, 0.29) is 12.6 Å². The SMILES string of the molecule is C=CC1(C)OC(CN=[N+]=[N-])OC1C. The minimum absolute atomic E-state index is 0.0658. The quantitative estimate of drug-likeness (QED) is 0.290. The van der Waals surface area contributed by atoms with Crippen LogP contribution in [0.1, 0.15) is 13.8 Å². The Morgan fingerprint density at radius 2 is 2.46 bits per heavy atom. The average Bonchev–Trinajstić information content (AvgIpc) is 2.40. The number of hydrogen-bond donors (Lipinski definition) is 0. The van der Waals surface area contributed by atoms with Crippen molar-refractivity contribution in [3.8, 4) is 0 Å². The van der Waals surface area contributed by atoms with Gasteiger partial charge in [-0.1, -0.05) is 11.2 Å². The van der Waals surface area contributed by atoms with Gasteiger partial charge in [0.25, 0.3) is 0 Å². The van der Waals surface area contributed by atoms with Crippen LogP contribution in [0.4, 0.5) is 0 Å². The van der Waals surface area contributed by atoms with Gasteiger partial charge in [-0.25, -0.2) is 0 Å². The molecule has 0 radical (unpaired) electrons. The monoisotopic (exact) mass is 183 g/mol. The third-order valence-corrected chi connectivity index (χ3v) is 2.25. The lowest BCUT2D eigenvalue weighted by Gasteiger charge is -2.20. The summed E-state index contributed by atoms with van der Waals surface area (Å²) in [5.74, 6) is 0. The fraction of sp³-hybridized carbons (Fsp3) is 0.750. The Kier molecular flexibility index (Phi) is 2.93. The van der Waals surface area contributed by atoms with Crippen LogP contribution < -0.4 is 0 Å². The van der Waals surface area contributed by atoms with Gasteiger partial charge in [-0.3, -0.25) is 0 Å². The molecule has 3 atom stereocenters. The fourth-order valence-electron chi connectivity index (χ4n) is 1.17. The summed E-state index contributed by atoms with van der Waals surface area (Å²) in [7, 11) is 0. The molecular formula is C8H13N3O2. The lowest BCUT2D eigenvalue weighted by atomic mass is 10.0. The molecule has 1 heterocycles. The van der Waals surface area contributed by atoms with Gasteiger partial charge < -0.3 is 9.47 Å². The number of nitrogens with zero attached hydrogens (tertiary/aromatic N) is 3. The van der Waals surface area contributed by atoms with Gasteiger partial charge in [-0.05, 0) is 19.4 Å². The molecule has 1 fully saturated rings. The highest BCUT2D eigenvalue weighted by atomic mass is 16.7. The first-order valence-corrected chi connectivity index (χ1v) is 4.10. The summed E-state index contributed by atoms with van der Waals surface area (Å²) in [6, 6.07) is 0. The molecule has 1 rings (SSSR count). The predicted octanol–water partition coefficient (Wildman–Crippen LogP) is 2.00. The Morgan fingerprint density at radius 1 is 1.77 bits per heavy atom. The third-order valence-electron chi connectivity index (χ3n) is 2.25. The van der Waals surface area contributed by atoms with Gasteiger partial charge in [0.15, 0.2) is 6.29 Å². The third kappa shape index (κ3) is 2.01. The van der Waals surface area contributed by atoms with Crippen molar-refractivity contribution < 1.29 is 9.47 Å². The van der Waals surface area contributed by atoms with Gasteiger partial charge in [0, 0.05) is 4.91 Å². The van der Waals surface area contributed by atoms with Gasteiger partial charge >= 0.3 is 0 Å². The zero-order valence-electron chi connectivity index (χ0n) is 7.80. The van der Waals surface area contributed by atoms with Crippen LogP contribution in [0.3, 0.4) is 0 Å². The molecule has 0 spiro atoms. The minimum atomic E-state index is -0.477. The summed E-state index contributed by atoms with van der Waals surface area (Å²) in [6.45, 7) is 7.66. The lowest BCUT2D eigenvalue weighted by molar-refractivity contribution is -0.0657. The maximum Gasteiger partial charge on any atom is 0.165 e. The number of hydrogen-bond acceptors (Lipinski definition) is 3. The maximum atomic E-state index is 8.11. The predicted molar refractivity (Wildman–Crippen MR) is 48.0 cm³/mol. The highest BCUT2D eigenvalue weighted by Crippen LogP contribution is 2.30. The second-order valence-electron chi connectivity index (χ2n) is 3.13. The van der Waals surface area contributed by atoms with Gasteiger partial charge in [-0.15, -0.1) is 6.58 Å². The fourth-order valence-corrected chi connectivity index (χ4v) is 1.17. The van der Waals surface area contributed by atoms with Crippen LogP contribution in [-0.2, 0) is 9.47 Å². The molecule has 0 bridgehead atoms. The summed E-state index contributed by atoms with van der Waals surface area (Å²) in [6.07, 6.45) is 1.19. The Labute approximate surface area is 77.0 Å². The van der Waals surface area contributed by atoms with Crippen LogP contribution in [0.5, 0.6) is 0 Å². The van der Waals surface area contributed by atoms with Crippen LogP contribution in [-0.4, -0.2) is 24.5 Å². The van der Waals surface area contributed by atoms with Crippen molar-refractivity contribution in [1.82, 2.24) is 0 Å². The Balaban J connectivity index is 2.59. The zero-order chi connectivity index (χ0) is 9.90. The van der Waals surface area contributed by atoms with E-state index in [9.17, 15) is 0 Å². The first-order valence-electron chi connectivity index (χ1n) is 4.10. The smallest absolute Gasteiger partial charge is 0.165 e. The summed E-state index contributed by atoms with van der Waals surface area (Å²) < 4.78 is 10.9. The van der Waals surface area contributed by atoms with Gasteiger partial charge in [0.2, 0.25) is 0 Å². The largest absolute Gasteiger partial charge is 0.346 e. The van der Waals surface area contributed by atoms with Gasteiger partial charge in [-0.2, -0.15) is 0 Å². The molecule has 72 valence electrons. The molecule has 0 aliphatic carbocycles. The van der Waals surface area contributed by atoms with Gasteiger partial charge in [0.1, 0.15) is 5.60 Å². The van der Waals surface area contributed by atoms with Crippen LogP contribution in [0.2, 0.25) is 0 Å². The number of rotatable bonds is 3. The minimum Gasteiger partial charge on any atom is -0.346 e. The molecule has 5 heteroatoms. The first-order chi connectivity index (χ1) is 6.12. The molecule has 0 aromatic rings. The summed E-state index contributed by atoms with van der Waals surface area (Å²) in [5.41, 5.74) is 7.63. The molecule has 0 aromatic heterocycles. The second-order valence-corrected chi connectivity index (χ2v) is 3.13. The van der Waals surface area contributed by atoms with E-state index in [0.29, 0.717) is 0 Å². The lowest BCUT2D eigenvalue weighted by Crippen LogP contribution is -2.31. The molecular weight excluding hydrogens is 170 g/mol. The topological polar surface area (TPSA) is 67.2 Å². The van der Waals surface area contributed by atoms with Crippen LogP contribution in [0.15, 0.2) is 17.8 Å². The van der Waals surface area contributed by atoms with E-state index in [1.54, 1.807) is 6.08 Å². The molecule has 0 N–H and O–H groups in total. The average molecular weight is 183 g/mol. The maximum absolute atomic E-state index is 8.11.